The maximum Gasteiger partial charge on any atom is 0.335 e. The van der Waals surface area contributed by atoms with E-state index in [1.54, 1.807) is 0 Å². The lowest BCUT2D eigenvalue weighted by atomic mass is 9.85. The molecule has 4 heteroatoms. The minimum absolute atomic E-state index is 0.109. The number of rotatable bonds is 4. The number of aromatic carboxylic acids is 1. The Hall–Kier alpha value is -1.58. The van der Waals surface area contributed by atoms with Crippen molar-refractivity contribution in [1.29, 1.82) is 0 Å². The summed E-state index contributed by atoms with van der Waals surface area (Å²) in [5, 5.41) is 11.8. The summed E-state index contributed by atoms with van der Waals surface area (Å²) in [6.07, 6.45) is 3.59. The number of carboxylic acids is 1. The molecular weight excluding hydrogens is 209 g/mol. The number of hydrogen-bond acceptors (Lipinski definition) is 2. The van der Waals surface area contributed by atoms with E-state index >= 15 is 0 Å². The second-order valence-electron chi connectivity index (χ2n) is 4.18. The molecule has 1 saturated carbocycles. The molecule has 1 aromatic rings. The molecule has 0 bridgehead atoms. The molecule has 16 heavy (non-hydrogen) atoms. The Bertz CT molecular complexity index is 402. The van der Waals surface area contributed by atoms with Gasteiger partial charge in [-0.25, -0.2) is 9.18 Å². The van der Waals surface area contributed by atoms with Gasteiger partial charge in [0.2, 0.25) is 0 Å². The number of benzene rings is 1. The average Bonchev–Trinajstić information content (AvgIpc) is 2.18. The molecule has 1 aromatic carbocycles. The summed E-state index contributed by atoms with van der Waals surface area (Å²) >= 11 is 0. The van der Waals surface area contributed by atoms with Gasteiger partial charge in [-0.05, 0) is 37.0 Å². The van der Waals surface area contributed by atoms with Gasteiger partial charge in [0.05, 0.1) is 11.3 Å². The molecule has 0 atom stereocenters. The SMILES string of the molecule is O=C(O)c1ccc(F)c(NCC2CCC2)c1. The third-order valence-corrected chi connectivity index (χ3v) is 3.02. The first-order valence-electron chi connectivity index (χ1n) is 5.43. The fraction of sp³-hybridized carbons (Fsp3) is 0.417. The molecular formula is C12H14FNO2. The average molecular weight is 223 g/mol. The largest absolute Gasteiger partial charge is 0.478 e. The molecule has 0 unspecified atom stereocenters. The summed E-state index contributed by atoms with van der Waals surface area (Å²) in [7, 11) is 0. The summed E-state index contributed by atoms with van der Waals surface area (Å²) in [6, 6.07) is 3.80. The highest BCUT2D eigenvalue weighted by Crippen LogP contribution is 2.27. The zero-order chi connectivity index (χ0) is 11.5. The van der Waals surface area contributed by atoms with Gasteiger partial charge >= 0.3 is 5.97 Å². The second kappa shape index (κ2) is 4.51. The van der Waals surface area contributed by atoms with Crippen LogP contribution in [-0.2, 0) is 0 Å². The molecule has 86 valence electrons. The van der Waals surface area contributed by atoms with Gasteiger partial charge in [-0.15, -0.1) is 0 Å². The molecule has 2 N–H and O–H groups in total. The van der Waals surface area contributed by atoms with E-state index in [0.29, 0.717) is 5.92 Å². The normalized spacial score (nSPS) is 15.6. The van der Waals surface area contributed by atoms with Crippen molar-refractivity contribution in [3.8, 4) is 0 Å². The highest BCUT2D eigenvalue weighted by Gasteiger charge is 2.17. The predicted octanol–water partition coefficient (Wildman–Crippen LogP) is 2.74. The Morgan fingerprint density at radius 1 is 1.50 bits per heavy atom. The maximum atomic E-state index is 13.3. The molecule has 0 aromatic heterocycles. The third kappa shape index (κ3) is 2.32. The van der Waals surface area contributed by atoms with Crippen molar-refractivity contribution in [3.63, 3.8) is 0 Å². The van der Waals surface area contributed by atoms with Gasteiger partial charge in [-0.2, -0.15) is 0 Å². The van der Waals surface area contributed by atoms with Gasteiger partial charge in [-0.1, -0.05) is 6.42 Å². The van der Waals surface area contributed by atoms with Crippen LogP contribution in [0.3, 0.4) is 0 Å². The van der Waals surface area contributed by atoms with E-state index in [1.165, 1.54) is 37.5 Å². The number of carboxylic acid groups (broad SMARTS) is 1. The fourth-order valence-electron chi connectivity index (χ4n) is 1.74. The standard InChI is InChI=1S/C12H14FNO2/c13-10-5-4-9(12(15)16)6-11(10)14-7-8-2-1-3-8/h4-6,8,14H,1-3,7H2,(H,15,16). The van der Waals surface area contributed by atoms with Crippen molar-refractivity contribution < 1.29 is 14.3 Å². The molecule has 0 aliphatic heterocycles. The first kappa shape index (κ1) is 10.9. The number of carbonyl (C=O) groups is 1. The van der Waals surface area contributed by atoms with Crippen LogP contribution in [0.1, 0.15) is 29.6 Å². The summed E-state index contributed by atoms with van der Waals surface area (Å²) in [6.45, 7) is 0.722. The van der Waals surface area contributed by atoms with Crippen molar-refractivity contribution >= 4 is 11.7 Å². The fourth-order valence-corrected chi connectivity index (χ4v) is 1.74. The Morgan fingerprint density at radius 3 is 2.81 bits per heavy atom. The van der Waals surface area contributed by atoms with Gasteiger partial charge in [-0.3, -0.25) is 0 Å². The Labute approximate surface area is 93.3 Å². The zero-order valence-corrected chi connectivity index (χ0v) is 8.87. The summed E-state index contributed by atoms with van der Waals surface area (Å²) in [4.78, 5) is 10.7. The van der Waals surface area contributed by atoms with E-state index in [9.17, 15) is 9.18 Å². The van der Waals surface area contributed by atoms with Gasteiger partial charge in [0.15, 0.2) is 0 Å². The van der Waals surface area contributed by atoms with Crippen molar-refractivity contribution in [3.05, 3.63) is 29.6 Å². The Morgan fingerprint density at radius 2 is 2.25 bits per heavy atom. The highest BCUT2D eigenvalue weighted by molar-refractivity contribution is 5.88. The van der Waals surface area contributed by atoms with Gasteiger partial charge in [0.25, 0.3) is 0 Å². The molecule has 3 nitrogen and oxygen atoms in total. The molecule has 1 fully saturated rings. The predicted molar refractivity (Wildman–Crippen MR) is 59.2 cm³/mol. The lowest BCUT2D eigenvalue weighted by Crippen LogP contribution is -2.21. The second-order valence-corrected chi connectivity index (χ2v) is 4.18. The Balaban J connectivity index is 2.05. The van der Waals surface area contributed by atoms with Gasteiger partial charge in [0, 0.05) is 6.54 Å². The lowest BCUT2D eigenvalue weighted by molar-refractivity contribution is 0.0697. The summed E-state index contributed by atoms with van der Waals surface area (Å²) in [5.74, 6) is -0.830. The lowest BCUT2D eigenvalue weighted by Gasteiger charge is -2.26. The number of nitrogens with one attached hydrogen (secondary N) is 1. The van der Waals surface area contributed by atoms with Crippen molar-refractivity contribution in [1.82, 2.24) is 0 Å². The van der Waals surface area contributed by atoms with Crippen molar-refractivity contribution in [2.75, 3.05) is 11.9 Å². The molecule has 0 saturated heterocycles. The van der Waals surface area contributed by atoms with Crippen molar-refractivity contribution in [2.45, 2.75) is 19.3 Å². The Kier molecular flexibility index (Phi) is 3.08. The van der Waals surface area contributed by atoms with Crippen LogP contribution in [-0.4, -0.2) is 17.6 Å². The molecule has 1 aliphatic rings. The molecule has 0 spiro atoms. The van der Waals surface area contributed by atoms with Crippen molar-refractivity contribution in [2.24, 2.45) is 5.92 Å². The summed E-state index contributed by atoms with van der Waals surface area (Å²) < 4.78 is 13.3. The van der Waals surface area contributed by atoms with E-state index in [-0.39, 0.29) is 11.3 Å². The first-order chi connectivity index (χ1) is 7.66. The molecule has 0 heterocycles. The van der Waals surface area contributed by atoms with Crippen LogP contribution in [0.15, 0.2) is 18.2 Å². The van der Waals surface area contributed by atoms with E-state index < -0.39 is 11.8 Å². The quantitative estimate of drug-likeness (QED) is 0.825. The molecule has 2 rings (SSSR count). The molecule has 0 radical (unpaired) electrons. The highest BCUT2D eigenvalue weighted by atomic mass is 19.1. The van der Waals surface area contributed by atoms with Crippen LogP contribution in [0.5, 0.6) is 0 Å². The zero-order valence-electron chi connectivity index (χ0n) is 8.87. The monoisotopic (exact) mass is 223 g/mol. The topological polar surface area (TPSA) is 49.3 Å². The van der Waals surface area contributed by atoms with Crippen LogP contribution in [0.4, 0.5) is 10.1 Å². The van der Waals surface area contributed by atoms with E-state index in [2.05, 4.69) is 5.32 Å². The van der Waals surface area contributed by atoms with Gasteiger partial charge < -0.3 is 10.4 Å². The smallest absolute Gasteiger partial charge is 0.335 e. The van der Waals surface area contributed by atoms with Crippen LogP contribution in [0, 0.1) is 11.7 Å². The molecule has 1 aliphatic carbocycles. The van der Waals surface area contributed by atoms with Crippen LogP contribution in [0.25, 0.3) is 0 Å². The summed E-state index contributed by atoms with van der Waals surface area (Å²) in [5.41, 5.74) is 0.393. The number of halogens is 1. The minimum Gasteiger partial charge on any atom is -0.478 e. The maximum absolute atomic E-state index is 13.3. The number of hydrogen-bond donors (Lipinski definition) is 2. The van der Waals surface area contributed by atoms with E-state index in [1.807, 2.05) is 0 Å². The van der Waals surface area contributed by atoms with Crippen LogP contribution < -0.4 is 5.32 Å². The minimum atomic E-state index is -1.04. The molecule has 0 amide bonds. The van der Waals surface area contributed by atoms with E-state index in [0.717, 1.165) is 6.54 Å². The van der Waals surface area contributed by atoms with Crippen LogP contribution >= 0.6 is 0 Å². The van der Waals surface area contributed by atoms with Crippen LogP contribution in [0.2, 0.25) is 0 Å². The van der Waals surface area contributed by atoms with E-state index in [4.69, 9.17) is 5.11 Å². The van der Waals surface area contributed by atoms with Gasteiger partial charge in [0.1, 0.15) is 5.82 Å². The number of anilines is 1. The third-order valence-electron chi connectivity index (χ3n) is 3.02. The first-order valence-corrected chi connectivity index (χ1v) is 5.43.